The van der Waals surface area contributed by atoms with Gasteiger partial charge in [0.25, 0.3) is 0 Å². The lowest BCUT2D eigenvalue weighted by Gasteiger charge is -2.30. The lowest BCUT2D eigenvalue weighted by molar-refractivity contribution is -0.274. The first kappa shape index (κ1) is 27.4. The zero-order chi connectivity index (χ0) is 28.0. The summed E-state index contributed by atoms with van der Waals surface area (Å²) in [5.41, 5.74) is -0.417. The largest absolute Gasteiger partial charge is 0.573 e. The van der Waals surface area contributed by atoms with Gasteiger partial charge in [0, 0.05) is 12.8 Å². The number of hydrogen-bond donors (Lipinski definition) is 0. The second-order valence-electron chi connectivity index (χ2n) is 9.11. The summed E-state index contributed by atoms with van der Waals surface area (Å²) >= 11 is 0. The van der Waals surface area contributed by atoms with Crippen LogP contribution < -0.4 is 9.47 Å². The molecule has 0 aromatic heterocycles. The van der Waals surface area contributed by atoms with Crippen molar-refractivity contribution in [2.45, 2.75) is 39.5 Å². The van der Waals surface area contributed by atoms with Crippen molar-refractivity contribution in [1.82, 2.24) is 0 Å². The van der Waals surface area contributed by atoms with Gasteiger partial charge in [-0.1, -0.05) is 60.7 Å². The fraction of sp³-hybridized carbons (Fsp3) is 0.156. The monoisotopic (exact) mass is 563 g/mol. The lowest BCUT2D eigenvalue weighted by Crippen LogP contribution is -2.32. The van der Waals surface area contributed by atoms with E-state index in [0.717, 1.165) is 4.90 Å². The van der Waals surface area contributed by atoms with E-state index in [-0.39, 0.29) is 23.3 Å². The minimum atomic E-state index is -4.78. The molecule has 0 fully saturated rings. The van der Waals surface area contributed by atoms with E-state index in [4.69, 9.17) is 9.47 Å². The van der Waals surface area contributed by atoms with Crippen molar-refractivity contribution in [3.8, 4) is 11.5 Å². The maximum absolute atomic E-state index is 12.8. The van der Waals surface area contributed by atoms with Crippen LogP contribution in [0.2, 0.25) is 0 Å². The van der Waals surface area contributed by atoms with E-state index < -0.39 is 17.9 Å². The normalized spacial score (nSPS) is 14.2. The first-order chi connectivity index (χ1) is 19.3. The standard InChI is InChI=1S/C32H26F3O4S/c33-32(34,35)38-26-15-13-24(14-16-26)31(21-7-8-22-31)39-30(36)23-37-25-17-19-29(20-18-25)40(27-9-3-1-4-10-27)28-11-5-2-6-12-28/h1-20H,21-23H2/q+1. The van der Waals surface area contributed by atoms with Gasteiger partial charge in [0.1, 0.15) is 17.1 Å². The quantitative estimate of drug-likeness (QED) is 0.118. The summed E-state index contributed by atoms with van der Waals surface area (Å²) in [5, 5.41) is 0. The van der Waals surface area contributed by atoms with Crippen molar-refractivity contribution in [3.05, 3.63) is 127 Å². The van der Waals surface area contributed by atoms with Crippen molar-refractivity contribution >= 4 is 16.9 Å². The average Bonchev–Trinajstić information content (AvgIpc) is 3.43. The summed E-state index contributed by atoms with van der Waals surface area (Å²) in [6, 6.07) is 33.6. The molecule has 0 saturated carbocycles. The van der Waals surface area contributed by atoms with Gasteiger partial charge >= 0.3 is 12.3 Å². The number of ether oxygens (including phenoxy) is 3. The zero-order valence-corrected chi connectivity index (χ0v) is 22.2. The molecule has 5 rings (SSSR count). The first-order valence-corrected chi connectivity index (χ1v) is 13.8. The number of benzene rings is 4. The maximum Gasteiger partial charge on any atom is 0.573 e. The highest BCUT2D eigenvalue weighted by Gasteiger charge is 2.38. The van der Waals surface area contributed by atoms with Gasteiger partial charge in [0.15, 0.2) is 21.3 Å². The number of hydrogen-bond acceptors (Lipinski definition) is 4. The minimum absolute atomic E-state index is 0.299. The Bertz CT molecular complexity index is 1390. The molecule has 4 nitrogen and oxygen atoms in total. The molecule has 0 amide bonds. The van der Waals surface area contributed by atoms with E-state index in [1.165, 1.54) is 34.1 Å². The third kappa shape index (κ3) is 6.69. The van der Waals surface area contributed by atoms with Gasteiger partial charge in [-0.2, -0.15) is 0 Å². The maximum atomic E-state index is 12.8. The summed E-state index contributed by atoms with van der Waals surface area (Å²) in [4.78, 5) is 16.3. The fourth-order valence-corrected chi connectivity index (χ4v) is 6.64. The Morgan fingerprint density at radius 1 is 0.700 bits per heavy atom. The third-order valence-corrected chi connectivity index (χ3v) is 8.59. The predicted octanol–water partition coefficient (Wildman–Crippen LogP) is 7.85. The van der Waals surface area contributed by atoms with E-state index in [2.05, 4.69) is 29.0 Å². The van der Waals surface area contributed by atoms with Gasteiger partial charge in [-0.3, -0.25) is 0 Å². The van der Waals surface area contributed by atoms with Crippen molar-refractivity contribution in [1.29, 1.82) is 0 Å². The highest BCUT2D eigenvalue weighted by molar-refractivity contribution is 7.97. The van der Waals surface area contributed by atoms with Gasteiger partial charge in [-0.15, -0.1) is 13.2 Å². The molecule has 0 atom stereocenters. The highest BCUT2D eigenvalue weighted by atomic mass is 32.2. The Labute approximate surface area is 233 Å². The van der Waals surface area contributed by atoms with Crippen LogP contribution in [0.4, 0.5) is 13.2 Å². The van der Waals surface area contributed by atoms with Crippen molar-refractivity contribution in [2.24, 2.45) is 0 Å². The Balaban J connectivity index is 1.24. The molecule has 0 spiro atoms. The molecule has 0 saturated heterocycles. The van der Waals surface area contributed by atoms with Crippen LogP contribution in [0.5, 0.6) is 11.5 Å². The van der Waals surface area contributed by atoms with Crippen molar-refractivity contribution in [3.63, 3.8) is 0 Å². The molecule has 0 radical (unpaired) electrons. The van der Waals surface area contributed by atoms with E-state index in [9.17, 15) is 18.0 Å². The minimum Gasteiger partial charge on any atom is -0.482 e. The van der Waals surface area contributed by atoms with Crippen LogP contribution in [-0.2, 0) is 26.0 Å². The van der Waals surface area contributed by atoms with Gasteiger partial charge in [-0.25, -0.2) is 4.79 Å². The molecule has 4 aromatic carbocycles. The molecule has 0 heterocycles. The zero-order valence-electron chi connectivity index (χ0n) is 21.3. The van der Waals surface area contributed by atoms with Gasteiger partial charge < -0.3 is 14.2 Å². The van der Waals surface area contributed by atoms with Crippen LogP contribution >= 0.6 is 0 Å². The van der Waals surface area contributed by atoms with Crippen LogP contribution in [0.1, 0.15) is 18.4 Å². The summed E-state index contributed by atoms with van der Waals surface area (Å²) in [6.07, 6.45) is -0.198. The fourth-order valence-electron chi connectivity index (χ4n) is 4.55. The summed E-state index contributed by atoms with van der Waals surface area (Å²) < 4.78 is 53.1. The Morgan fingerprint density at radius 2 is 1.20 bits per heavy atom. The number of halogens is 3. The molecule has 0 N–H and O–H groups in total. The Morgan fingerprint density at radius 3 is 1.73 bits per heavy atom. The number of esters is 1. The van der Waals surface area contributed by atoms with E-state index in [1.54, 1.807) is 0 Å². The Hall–Kier alpha value is -4.17. The SMILES string of the molecule is O=C(COc1ccc([S+](c2ccccc2)c2ccccc2)cc1)OC1(c2ccc(OC(F)(F)F)cc2)CC=CC1. The molecule has 0 bridgehead atoms. The first-order valence-electron chi connectivity index (χ1n) is 12.6. The van der Waals surface area contributed by atoms with E-state index in [1.807, 2.05) is 72.8 Å². The highest BCUT2D eigenvalue weighted by Crippen LogP contribution is 2.39. The van der Waals surface area contributed by atoms with Crippen LogP contribution in [0.25, 0.3) is 0 Å². The van der Waals surface area contributed by atoms with Gasteiger partial charge in [0.2, 0.25) is 0 Å². The molecule has 1 aliphatic rings. The molecular formula is C32H26F3O4S+. The molecular weight excluding hydrogens is 537 g/mol. The second kappa shape index (κ2) is 11.9. The second-order valence-corrected chi connectivity index (χ2v) is 11.1. The molecule has 8 heteroatoms. The summed E-state index contributed by atoms with van der Waals surface area (Å²) in [7, 11) is -0.299. The van der Waals surface area contributed by atoms with Crippen LogP contribution in [0.15, 0.2) is 136 Å². The Kier molecular flexibility index (Phi) is 8.16. The molecule has 0 aliphatic heterocycles. The molecule has 0 unspecified atom stereocenters. The average molecular weight is 564 g/mol. The topological polar surface area (TPSA) is 44.8 Å². The van der Waals surface area contributed by atoms with Crippen molar-refractivity contribution < 1.29 is 32.2 Å². The molecule has 204 valence electrons. The number of rotatable bonds is 9. The summed E-state index contributed by atoms with van der Waals surface area (Å²) in [6.45, 7) is -0.306. The summed E-state index contributed by atoms with van der Waals surface area (Å²) in [5.74, 6) is -0.382. The van der Waals surface area contributed by atoms with Crippen LogP contribution in [0, 0.1) is 0 Å². The predicted molar refractivity (Wildman–Crippen MR) is 146 cm³/mol. The number of carbonyl (C=O) groups excluding carboxylic acids is 1. The van der Waals surface area contributed by atoms with Crippen LogP contribution in [-0.4, -0.2) is 18.9 Å². The molecule has 1 aliphatic carbocycles. The van der Waals surface area contributed by atoms with Gasteiger partial charge in [0.05, 0.1) is 10.9 Å². The number of alkyl halides is 3. The number of carbonyl (C=O) groups is 1. The smallest absolute Gasteiger partial charge is 0.482 e. The third-order valence-electron chi connectivity index (χ3n) is 6.36. The van der Waals surface area contributed by atoms with E-state index >= 15 is 0 Å². The van der Waals surface area contributed by atoms with E-state index in [0.29, 0.717) is 24.2 Å². The lowest BCUT2D eigenvalue weighted by atomic mass is 9.91. The molecule has 40 heavy (non-hydrogen) atoms. The van der Waals surface area contributed by atoms with Crippen LogP contribution in [0.3, 0.4) is 0 Å². The van der Waals surface area contributed by atoms with Crippen molar-refractivity contribution in [2.75, 3.05) is 6.61 Å². The van der Waals surface area contributed by atoms with Gasteiger partial charge in [-0.05, 0) is 66.2 Å². The molecule has 4 aromatic rings.